The molecule has 1 aromatic carbocycles. The molecule has 1 atom stereocenters. The number of aromatic amines is 1. The summed E-state index contributed by atoms with van der Waals surface area (Å²) in [5.41, 5.74) is 0.739. The fourth-order valence-corrected chi connectivity index (χ4v) is 3.78. The van der Waals surface area contributed by atoms with Crippen LogP contribution in [0.1, 0.15) is 30.7 Å². The number of nitrogens with zero attached hydrogens (tertiary/aromatic N) is 1. The van der Waals surface area contributed by atoms with Crippen molar-refractivity contribution in [1.82, 2.24) is 9.55 Å². The SMILES string of the molecule is CCCC(c1cccs1)n1c(=S)[nH]c2ccc(F)c(F)c21. The van der Waals surface area contributed by atoms with E-state index in [1.54, 1.807) is 15.9 Å². The van der Waals surface area contributed by atoms with E-state index in [9.17, 15) is 8.78 Å². The Hall–Kier alpha value is -1.53. The molecular formula is C15H14F2N2S2. The van der Waals surface area contributed by atoms with E-state index in [1.807, 2.05) is 17.5 Å². The molecule has 21 heavy (non-hydrogen) atoms. The summed E-state index contributed by atoms with van der Waals surface area (Å²) in [4.78, 5) is 4.07. The highest BCUT2D eigenvalue weighted by Gasteiger charge is 2.21. The van der Waals surface area contributed by atoms with Crippen LogP contribution in [0.5, 0.6) is 0 Å². The highest BCUT2D eigenvalue weighted by atomic mass is 32.1. The lowest BCUT2D eigenvalue weighted by Gasteiger charge is -2.18. The zero-order valence-corrected chi connectivity index (χ0v) is 13.0. The van der Waals surface area contributed by atoms with Crippen LogP contribution in [0.2, 0.25) is 0 Å². The summed E-state index contributed by atoms with van der Waals surface area (Å²) in [7, 11) is 0. The number of fused-ring (bicyclic) bond motifs is 1. The fraction of sp³-hybridized carbons (Fsp3) is 0.267. The van der Waals surface area contributed by atoms with Crippen molar-refractivity contribution < 1.29 is 8.78 Å². The van der Waals surface area contributed by atoms with Gasteiger partial charge in [0.05, 0.1) is 11.6 Å². The molecule has 0 aliphatic carbocycles. The number of rotatable bonds is 4. The first-order valence-electron chi connectivity index (χ1n) is 6.75. The molecule has 2 nitrogen and oxygen atoms in total. The van der Waals surface area contributed by atoms with Gasteiger partial charge in [-0.2, -0.15) is 0 Å². The van der Waals surface area contributed by atoms with Crippen LogP contribution in [0.25, 0.3) is 11.0 Å². The smallest absolute Gasteiger partial charge is 0.184 e. The van der Waals surface area contributed by atoms with Gasteiger partial charge < -0.3 is 9.55 Å². The van der Waals surface area contributed by atoms with Gasteiger partial charge in [0.1, 0.15) is 5.52 Å². The van der Waals surface area contributed by atoms with Crippen molar-refractivity contribution in [2.24, 2.45) is 0 Å². The van der Waals surface area contributed by atoms with Gasteiger partial charge in [0.15, 0.2) is 16.4 Å². The lowest BCUT2D eigenvalue weighted by atomic mass is 10.1. The van der Waals surface area contributed by atoms with Crippen LogP contribution in [-0.2, 0) is 0 Å². The molecule has 0 fully saturated rings. The van der Waals surface area contributed by atoms with Crippen LogP contribution < -0.4 is 0 Å². The molecule has 0 saturated carbocycles. The minimum absolute atomic E-state index is 0.0763. The van der Waals surface area contributed by atoms with Gasteiger partial charge in [-0.1, -0.05) is 19.4 Å². The van der Waals surface area contributed by atoms with Crippen LogP contribution in [0.15, 0.2) is 29.6 Å². The third-order valence-electron chi connectivity index (χ3n) is 3.52. The van der Waals surface area contributed by atoms with Crippen LogP contribution in [0, 0.1) is 16.4 Å². The Morgan fingerprint density at radius 1 is 1.33 bits per heavy atom. The first-order chi connectivity index (χ1) is 10.1. The minimum Gasteiger partial charge on any atom is -0.330 e. The molecule has 2 heterocycles. The summed E-state index contributed by atoms with van der Waals surface area (Å²) < 4.78 is 30.0. The molecule has 3 aromatic rings. The van der Waals surface area contributed by atoms with Gasteiger partial charge in [-0.3, -0.25) is 0 Å². The van der Waals surface area contributed by atoms with E-state index in [-0.39, 0.29) is 11.6 Å². The Balaban J connectivity index is 2.29. The highest BCUT2D eigenvalue weighted by molar-refractivity contribution is 7.71. The Bertz CT molecular complexity index is 818. The normalized spacial score (nSPS) is 12.9. The van der Waals surface area contributed by atoms with Crippen molar-refractivity contribution in [1.29, 1.82) is 0 Å². The predicted molar refractivity (Wildman–Crippen MR) is 84.4 cm³/mol. The second-order valence-electron chi connectivity index (χ2n) is 4.88. The zero-order valence-electron chi connectivity index (χ0n) is 11.4. The molecule has 0 bridgehead atoms. The third-order valence-corrected chi connectivity index (χ3v) is 4.79. The van der Waals surface area contributed by atoms with Crippen LogP contribution in [-0.4, -0.2) is 9.55 Å². The molecule has 0 saturated heterocycles. The quantitative estimate of drug-likeness (QED) is 0.635. The Labute approximate surface area is 130 Å². The molecular weight excluding hydrogens is 310 g/mol. The zero-order chi connectivity index (χ0) is 15.0. The molecule has 0 aliphatic rings. The number of thiophene rings is 1. The molecule has 0 aliphatic heterocycles. The van der Waals surface area contributed by atoms with Gasteiger partial charge in [0, 0.05) is 4.88 Å². The maximum absolute atomic E-state index is 14.3. The first-order valence-corrected chi connectivity index (χ1v) is 8.04. The van der Waals surface area contributed by atoms with Crippen molar-refractivity contribution in [2.45, 2.75) is 25.8 Å². The van der Waals surface area contributed by atoms with E-state index in [4.69, 9.17) is 12.2 Å². The number of nitrogens with one attached hydrogen (secondary N) is 1. The molecule has 2 aromatic heterocycles. The summed E-state index contributed by atoms with van der Waals surface area (Å²) in [5, 5.41) is 1.98. The summed E-state index contributed by atoms with van der Waals surface area (Å²) >= 11 is 6.94. The monoisotopic (exact) mass is 324 g/mol. The summed E-state index contributed by atoms with van der Waals surface area (Å²) in [6.45, 7) is 2.07. The number of imidazole rings is 1. The average Bonchev–Trinajstić information content (AvgIpc) is 3.08. The van der Waals surface area contributed by atoms with E-state index in [0.717, 1.165) is 23.8 Å². The van der Waals surface area contributed by atoms with E-state index in [0.29, 0.717) is 10.3 Å². The largest absolute Gasteiger partial charge is 0.330 e. The first kappa shape index (κ1) is 14.4. The highest BCUT2D eigenvalue weighted by Crippen LogP contribution is 2.32. The fourth-order valence-electron chi connectivity index (χ4n) is 2.60. The van der Waals surface area contributed by atoms with E-state index in [1.165, 1.54) is 6.07 Å². The lowest BCUT2D eigenvalue weighted by molar-refractivity contribution is 0.498. The number of hydrogen-bond acceptors (Lipinski definition) is 2. The van der Waals surface area contributed by atoms with E-state index >= 15 is 0 Å². The van der Waals surface area contributed by atoms with Gasteiger partial charge in [0.2, 0.25) is 0 Å². The van der Waals surface area contributed by atoms with Gasteiger partial charge in [-0.25, -0.2) is 8.78 Å². The number of aromatic nitrogens is 2. The number of halogens is 2. The predicted octanol–water partition coefficient (Wildman–Crippen LogP) is 5.43. The number of hydrogen-bond donors (Lipinski definition) is 1. The van der Waals surface area contributed by atoms with Gasteiger partial charge >= 0.3 is 0 Å². The lowest BCUT2D eigenvalue weighted by Crippen LogP contribution is -2.10. The van der Waals surface area contributed by atoms with Crippen molar-refractivity contribution in [3.05, 3.63) is 50.9 Å². The topological polar surface area (TPSA) is 20.7 Å². The molecule has 3 rings (SSSR count). The van der Waals surface area contributed by atoms with Crippen LogP contribution in [0.4, 0.5) is 8.78 Å². The number of benzene rings is 1. The molecule has 6 heteroatoms. The molecule has 0 radical (unpaired) electrons. The molecule has 1 unspecified atom stereocenters. The molecule has 0 spiro atoms. The molecule has 110 valence electrons. The van der Waals surface area contributed by atoms with Gasteiger partial charge in [0.25, 0.3) is 0 Å². The van der Waals surface area contributed by atoms with Gasteiger partial charge in [-0.05, 0) is 42.2 Å². The van der Waals surface area contributed by atoms with Gasteiger partial charge in [-0.15, -0.1) is 11.3 Å². The van der Waals surface area contributed by atoms with Crippen LogP contribution in [0.3, 0.4) is 0 Å². The second kappa shape index (κ2) is 5.69. The maximum Gasteiger partial charge on any atom is 0.184 e. The van der Waals surface area contributed by atoms with E-state index < -0.39 is 11.6 Å². The standard InChI is InChI=1S/C15H14F2N2S2/c1-2-4-11(12-5-3-8-21-12)19-14-10(18-15(19)20)7-6-9(16)13(14)17/h3,5-8,11H,2,4H2,1H3,(H,18,20). The Morgan fingerprint density at radius 2 is 2.14 bits per heavy atom. The summed E-state index contributed by atoms with van der Waals surface area (Å²) in [6.07, 6.45) is 1.74. The average molecular weight is 324 g/mol. The number of H-pyrrole nitrogens is 1. The van der Waals surface area contributed by atoms with Crippen molar-refractivity contribution >= 4 is 34.6 Å². The second-order valence-corrected chi connectivity index (χ2v) is 6.24. The van der Waals surface area contributed by atoms with Crippen molar-refractivity contribution in [3.8, 4) is 0 Å². The Kier molecular flexibility index (Phi) is 3.91. The van der Waals surface area contributed by atoms with Crippen molar-refractivity contribution in [2.75, 3.05) is 0 Å². The molecule has 0 amide bonds. The Morgan fingerprint density at radius 3 is 2.81 bits per heavy atom. The summed E-state index contributed by atoms with van der Waals surface area (Å²) in [6, 6.07) is 6.53. The molecule has 1 N–H and O–H groups in total. The van der Waals surface area contributed by atoms with Crippen molar-refractivity contribution in [3.63, 3.8) is 0 Å². The van der Waals surface area contributed by atoms with E-state index in [2.05, 4.69) is 11.9 Å². The maximum atomic E-state index is 14.3. The third kappa shape index (κ3) is 2.42. The summed E-state index contributed by atoms with van der Waals surface area (Å²) in [5.74, 6) is -1.70. The minimum atomic E-state index is -0.855. The van der Waals surface area contributed by atoms with Crippen LogP contribution >= 0.6 is 23.6 Å².